The Morgan fingerprint density at radius 3 is 3.06 bits per heavy atom. The molecule has 3 rings (SSSR count). The zero-order valence-corrected chi connectivity index (χ0v) is 9.40. The minimum absolute atomic E-state index is 0.248. The van der Waals surface area contributed by atoms with Crippen LogP contribution in [0.25, 0.3) is 0 Å². The first-order chi connectivity index (χ1) is 7.72. The lowest BCUT2D eigenvalue weighted by Gasteiger charge is -2.08. The molecule has 0 bridgehead atoms. The van der Waals surface area contributed by atoms with Crippen molar-refractivity contribution in [3.8, 4) is 5.75 Å². The van der Waals surface area contributed by atoms with Crippen molar-refractivity contribution < 1.29 is 9.53 Å². The fourth-order valence-electron chi connectivity index (χ4n) is 2.14. The van der Waals surface area contributed by atoms with Crippen LogP contribution in [-0.4, -0.2) is 16.9 Å². The quantitative estimate of drug-likeness (QED) is 0.778. The smallest absolute Gasteiger partial charge is 0.173 e. The van der Waals surface area contributed by atoms with Gasteiger partial charge in [-0.3, -0.25) is 9.78 Å². The van der Waals surface area contributed by atoms with Gasteiger partial charge in [0.25, 0.3) is 0 Å². The predicted octanol–water partition coefficient (Wildman–Crippen LogP) is 2.06. The van der Waals surface area contributed by atoms with Crippen LogP contribution < -0.4 is 4.74 Å². The lowest BCUT2D eigenvalue weighted by Crippen LogP contribution is -2.25. The second kappa shape index (κ2) is 3.58. The van der Waals surface area contributed by atoms with Gasteiger partial charge in [-0.15, -0.1) is 0 Å². The van der Waals surface area contributed by atoms with Crippen LogP contribution in [0, 0.1) is 12.8 Å². The number of pyridine rings is 1. The van der Waals surface area contributed by atoms with E-state index in [4.69, 9.17) is 4.74 Å². The number of aromatic nitrogens is 1. The van der Waals surface area contributed by atoms with E-state index in [0.717, 1.165) is 17.1 Å². The van der Waals surface area contributed by atoms with Gasteiger partial charge in [0, 0.05) is 18.5 Å². The topological polar surface area (TPSA) is 39.2 Å². The van der Waals surface area contributed by atoms with Crippen LogP contribution in [0.1, 0.15) is 30.7 Å². The van der Waals surface area contributed by atoms with Gasteiger partial charge >= 0.3 is 0 Å². The Labute approximate surface area is 94.8 Å². The molecule has 0 saturated heterocycles. The first-order valence-electron chi connectivity index (χ1n) is 5.88. The Bertz CT molecular complexity index is 438. The van der Waals surface area contributed by atoms with Crippen molar-refractivity contribution in [1.82, 2.24) is 4.98 Å². The highest BCUT2D eigenvalue weighted by Crippen LogP contribution is 2.35. The molecule has 84 valence electrons. The Morgan fingerprint density at radius 2 is 2.31 bits per heavy atom. The molecule has 1 atom stereocenters. The maximum absolute atomic E-state index is 11.9. The van der Waals surface area contributed by atoms with E-state index in [1.807, 2.05) is 19.1 Å². The molecule has 1 aliphatic heterocycles. The van der Waals surface area contributed by atoms with Crippen molar-refractivity contribution in [3.05, 3.63) is 23.5 Å². The molecule has 0 aromatic carbocycles. The first kappa shape index (κ1) is 9.82. The number of fused-ring (bicyclic) bond motifs is 1. The molecule has 3 nitrogen and oxygen atoms in total. The SMILES string of the molecule is Cc1ccc2c(n1)CC(C(=O)CC1CC1)O2. The maximum atomic E-state index is 11.9. The van der Waals surface area contributed by atoms with Crippen LogP contribution in [0.4, 0.5) is 0 Å². The average molecular weight is 217 g/mol. The van der Waals surface area contributed by atoms with E-state index in [9.17, 15) is 4.79 Å². The summed E-state index contributed by atoms with van der Waals surface area (Å²) < 4.78 is 5.64. The van der Waals surface area contributed by atoms with Gasteiger partial charge in [0.1, 0.15) is 5.75 Å². The van der Waals surface area contributed by atoms with E-state index in [0.29, 0.717) is 18.8 Å². The predicted molar refractivity (Wildman–Crippen MR) is 59.4 cm³/mol. The molecule has 1 fully saturated rings. The summed E-state index contributed by atoms with van der Waals surface area (Å²) in [7, 11) is 0. The summed E-state index contributed by atoms with van der Waals surface area (Å²) in [5.74, 6) is 1.67. The van der Waals surface area contributed by atoms with Gasteiger partial charge in [-0.05, 0) is 37.8 Å². The van der Waals surface area contributed by atoms with Gasteiger partial charge < -0.3 is 4.74 Å². The van der Waals surface area contributed by atoms with Crippen molar-refractivity contribution in [3.63, 3.8) is 0 Å². The van der Waals surface area contributed by atoms with Gasteiger partial charge in [-0.1, -0.05) is 0 Å². The molecule has 1 aliphatic carbocycles. The van der Waals surface area contributed by atoms with Crippen LogP contribution in [0.2, 0.25) is 0 Å². The van der Waals surface area contributed by atoms with Crippen molar-refractivity contribution in [2.24, 2.45) is 5.92 Å². The lowest BCUT2D eigenvalue weighted by atomic mass is 10.1. The third-order valence-corrected chi connectivity index (χ3v) is 3.27. The van der Waals surface area contributed by atoms with Gasteiger partial charge in [0.15, 0.2) is 11.9 Å². The third-order valence-electron chi connectivity index (χ3n) is 3.27. The van der Waals surface area contributed by atoms with Crippen molar-refractivity contribution in [2.45, 2.75) is 38.7 Å². The normalized spacial score (nSPS) is 22.7. The van der Waals surface area contributed by atoms with E-state index in [2.05, 4.69) is 4.98 Å². The molecule has 2 aliphatic rings. The minimum Gasteiger partial charge on any atom is -0.480 e. The number of ketones is 1. The second-order valence-electron chi connectivity index (χ2n) is 4.82. The van der Waals surface area contributed by atoms with Crippen LogP contribution in [0.5, 0.6) is 5.75 Å². The van der Waals surface area contributed by atoms with E-state index in [1.165, 1.54) is 12.8 Å². The fourth-order valence-corrected chi connectivity index (χ4v) is 2.14. The number of aryl methyl sites for hydroxylation is 1. The second-order valence-corrected chi connectivity index (χ2v) is 4.82. The van der Waals surface area contributed by atoms with Crippen LogP contribution in [-0.2, 0) is 11.2 Å². The number of carbonyl (C=O) groups excluding carboxylic acids is 1. The number of Topliss-reactive ketones (excluding diaryl/α,β-unsaturated/α-hetero) is 1. The summed E-state index contributed by atoms with van der Waals surface area (Å²) in [6, 6.07) is 3.84. The molecule has 1 aromatic rings. The minimum atomic E-state index is -0.273. The molecule has 1 aromatic heterocycles. The van der Waals surface area contributed by atoms with Crippen LogP contribution in [0.15, 0.2) is 12.1 Å². The standard InChI is InChI=1S/C13H15NO2/c1-8-2-5-12-10(14-8)7-13(16-12)11(15)6-9-3-4-9/h2,5,9,13H,3-4,6-7H2,1H3. The van der Waals surface area contributed by atoms with Crippen molar-refractivity contribution >= 4 is 5.78 Å². The molecule has 1 unspecified atom stereocenters. The zero-order chi connectivity index (χ0) is 11.1. The lowest BCUT2D eigenvalue weighted by molar-refractivity contribution is -0.125. The van der Waals surface area contributed by atoms with Crippen LogP contribution in [0.3, 0.4) is 0 Å². The summed E-state index contributed by atoms with van der Waals surface area (Å²) in [6.07, 6.45) is 3.50. The number of ether oxygens (including phenoxy) is 1. The van der Waals surface area contributed by atoms with E-state index < -0.39 is 0 Å². The summed E-state index contributed by atoms with van der Waals surface area (Å²) in [5, 5.41) is 0. The zero-order valence-electron chi connectivity index (χ0n) is 9.40. The number of hydrogen-bond donors (Lipinski definition) is 0. The molecule has 0 N–H and O–H groups in total. The monoisotopic (exact) mass is 217 g/mol. The molecule has 0 spiro atoms. The number of hydrogen-bond acceptors (Lipinski definition) is 3. The molecule has 2 heterocycles. The summed E-state index contributed by atoms with van der Waals surface area (Å²) >= 11 is 0. The van der Waals surface area contributed by atoms with Gasteiger partial charge in [-0.25, -0.2) is 0 Å². The van der Waals surface area contributed by atoms with Crippen molar-refractivity contribution in [1.29, 1.82) is 0 Å². The number of carbonyl (C=O) groups is 1. The van der Waals surface area contributed by atoms with Gasteiger partial charge in [0.2, 0.25) is 0 Å². The third kappa shape index (κ3) is 1.82. The Morgan fingerprint density at radius 1 is 1.50 bits per heavy atom. The van der Waals surface area contributed by atoms with Gasteiger partial charge in [-0.2, -0.15) is 0 Å². The molecule has 16 heavy (non-hydrogen) atoms. The molecular formula is C13H15NO2. The highest BCUT2D eigenvalue weighted by molar-refractivity contribution is 5.85. The molecule has 3 heteroatoms. The number of nitrogens with zero attached hydrogens (tertiary/aromatic N) is 1. The van der Waals surface area contributed by atoms with E-state index in [1.54, 1.807) is 0 Å². The average Bonchev–Trinajstić information content (AvgIpc) is 2.95. The highest BCUT2D eigenvalue weighted by atomic mass is 16.5. The highest BCUT2D eigenvalue weighted by Gasteiger charge is 2.33. The van der Waals surface area contributed by atoms with E-state index in [-0.39, 0.29) is 11.9 Å². The molecule has 1 saturated carbocycles. The summed E-state index contributed by atoms with van der Waals surface area (Å²) in [4.78, 5) is 16.3. The van der Waals surface area contributed by atoms with Gasteiger partial charge in [0.05, 0.1) is 5.69 Å². The largest absolute Gasteiger partial charge is 0.480 e. The number of rotatable bonds is 3. The van der Waals surface area contributed by atoms with Crippen molar-refractivity contribution in [2.75, 3.05) is 0 Å². The maximum Gasteiger partial charge on any atom is 0.173 e. The first-order valence-corrected chi connectivity index (χ1v) is 5.88. The van der Waals surface area contributed by atoms with E-state index >= 15 is 0 Å². The molecular weight excluding hydrogens is 202 g/mol. The Balaban J connectivity index is 1.71. The van der Waals surface area contributed by atoms with Crippen LogP contribution >= 0.6 is 0 Å². The summed E-state index contributed by atoms with van der Waals surface area (Å²) in [6.45, 7) is 1.96. The Kier molecular flexibility index (Phi) is 2.20. The Hall–Kier alpha value is -1.38. The fraction of sp³-hybridized carbons (Fsp3) is 0.538. The molecule has 0 radical (unpaired) electrons. The molecule has 0 amide bonds. The summed E-state index contributed by atoms with van der Waals surface area (Å²) in [5.41, 5.74) is 1.92.